The van der Waals surface area contributed by atoms with E-state index < -0.39 is 23.7 Å². The van der Waals surface area contributed by atoms with E-state index in [4.69, 9.17) is 0 Å². The first-order chi connectivity index (χ1) is 10.4. The van der Waals surface area contributed by atoms with E-state index in [1.807, 2.05) is 0 Å². The summed E-state index contributed by atoms with van der Waals surface area (Å²) < 4.78 is 40.8. The highest BCUT2D eigenvalue weighted by Gasteiger charge is 2.68. The van der Waals surface area contributed by atoms with Crippen LogP contribution in [0.5, 0.6) is 0 Å². The van der Waals surface area contributed by atoms with E-state index >= 15 is 0 Å². The predicted octanol–water partition coefficient (Wildman–Crippen LogP) is 3.39. The average Bonchev–Trinajstić information content (AvgIpc) is 3.00. The van der Waals surface area contributed by atoms with Gasteiger partial charge >= 0.3 is 6.18 Å². The molecule has 1 amide bonds. The Hall–Kier alpha value is -1.41. The summed E-state index contributed by atoms with van der Waals surface area (Å²) in [7, 11) is 0. The molecule has 0 radical (unpaired) electrons. The van der Waals surface area contributed by atoms with Crippen molar-refractivity contribution in [2.24, 2.45) is 11.0 Å². The Labute approximate surface area is 129 Å². The maximum Gasteiger partial charge on any atom is 0.439 e. The fourth-order valence-corrected chi connectivity index (χ4v) is 3.75. The molecule has 2 unspecified atom stereocenters. The molecule has 1 aromatic heterocycles. The molecule has 2 atom stereocenters. The van der Waals surface area contributed by atoms with Crippen LogP contribution in [0.25, 0.3) is 0 Å². The second-order valence-electron chi connectivity index (χ2n) is 5.56. The fourth-order valence-electron chi connectivity index (χ4n) is 3.10. The maximum atomic E-state index is 13.6. The Kier molecular flexibility index (Phi) is 3.76. The molecule has 0 spiro atoms. The topological polar surface area (TPSA) is 52.9 Å². The molecule has 8 heteroatoms. The molecule has 1 aliphatic heterocycles. The van der Waals surface area contributed by atoms with Gasteiger partial charge in [0.05, 0.1) is 10.8 Å². The monoisotopic (exact) mass is 332 g/mol. The number of nitrogens with zero attached hydrogens (tertiary/aromatic N) is 2. The fraction of sp³-hybridized carbons (Fsp3) is 0.571. The molecular weight excluding hydrogens is 317 g/mol. The van der Waals surface area contributed by atoms with Crippen LogP contribution in [0, 0.1) is 5.92 Å². The van der Waals surface area contributed by atoms with Gasteiger partial charge in [0.1, 0.15) is 0 Å². The molecule has 1 aliphatic carbocycles. The van der Waals surface area contributed by atoms with Crippen LogP contribution in [0.4, 0.5) is 13.2 Å². The lowest BCUT2D eigenvalue weighted by molar-refractivity contribution is -0.312. The Balaban J connectivity index is 2.04. The van der Waals surface area contributed by atoms with Gasteiger partial charge in [-0.25, -0.2) is 0 Å². The molecule has 120 valence electrons. The van der Waals surface area contributed by atoms with Gasteiger partial charge in [-0.2, -0.15) is 23.3 Å². The molecule has 2 aliphatic rings. The largest absolute Gasteiger partial charge is 0.439 e. The summed E-state index contributed by atoms with van der Waals surface area (Å²) in [5.41, 5.74) is -2.96. The second kappa shape index (κ2) is 5.34. The standard InChI is InChI=1S/C14H15F3N2O2S/c15-14(16,17)13(21)9-5-2-1-3-6-10(9)18-19(13)12(20)11-7-4-8-22-11/h4,7-9,21H,1-3,5-6H2. The first-order valence-electron chi connectivity index (χ1n) is 7.10. The summed E-state index contributed by atoms with van der Waals surface area (Å²) in [4.78, 5) is 12.5. The summed E-state index contributed by atoms with van der Waals surface area (Å²) in [5.74, 6) is -2.07. The lowest BCUT2D eigenvalue weighted by atomic mass is 9.87. The number of aliphatic hydroxyl groups is 1. The summed E-state index contributed by atoms with van der Waals surface area (Å²) in [5, 5.41) is 16.2. The van der Waals surface area contributed by atoms with Crippen LogP contribution in [0.3, 0.4) is 0 Å². The number of amides is 1. The van der Waals surface area contributed by atoms with Crippen molar-refractivity contribution in [3.05, 3.63) is 22.4 Å². The predicted molar refractivity (Wildman–Crippen MR) is 75.5 cm³/mol. The SMILES string of the molecule is O=C(c1cccs1)N1N=C2CCCCCC2C1(O)C(F)(F)F. The number of alkyl halides is 3. The van der Waals surface area contributed by atoms with Crippen LogP contribution in [-0.4, -0.2) is 33.6 Å². The molecule has 4 nitrogen and oxygen atoms in total. The third-order valence-corrected chi connectivity index (χ3v) is 5.06. The van der Waals surface area contributed by atoms with Crippen molar-refractivity contribution in [1.29, 1.82) is 0 Å². The molecule has 1 fully saturated rings. The number of thiophene rings is 1. The molecule has 0 bridgehead atoms. The van der Waals surface area contributed by atoms with Gasteiger partial charge < -0.3 is 5.11 Å². The van der Waals surface area contributed by atoms with Crippen molar-refractivity contribution in [2.75, 3.05) is 0 Å². The molecule has 0 saturated heterocycles. The lowest BCUT2D eigenvalue weighted by Gasteiger charge is -2.36. The average molecular weight is 332 g/mol. The van der Waals surface area contributed by atoms with Crippen molar-refractivity contribution in [3.8, 4) is 0 Å². The number of hydrogen-bond donors (Lipinski definition) is 1. The Bertz CT molecular complexity index is 600. The molecule has 0 aromatic carbocycles. The van der Waals surface area contributed by atoms with Gasteiger partial charge in [0, 0.05) is 5.71 Å². The normalized spacial score (nSPS) is 29.0. The second-order valence-corrected chi connectivity index (χ2v) is 6.51. The molecule has 22 heavy (non-hydrogen) atoms. The minimum absolute atomic E-state index is 0.128. The Morgan fingerprint density at radius 2 is 2.18 bits per heavy atom. The van der Waals surface area contributed by atoms with E-state index in [1.165, 1.54) is 6.07 Å². The zero-order valence-electron chi connectivity index (χ0n) is 11.6. The minimum Gasteiger partial charge on any atom is -0.362 e. The van der Waals surface area contributed by atoms with E-state index in [-0.39, 0.29) is 22.0 Å². The Morgan fingerprint density at radius 1 is 1.41 bits per heavy atom. The van der Waals surface area contributed by atoms with Gasteiger partial charge in [-0.3, -0.25) is 4.79 Å². The van der Waals surface area contributed by atoms with Crippen molar-refractivity contribution in [2.45, 2.75) is 44.0 Å². The third-order valence-electron chi connectivity index (χ3n) is 4.21. The summed E-state index contributed by atoms with van der Waals surface area (Å²) in [6.07, 6.45) is -2.27. The first kappa shape index (κ1) is 15.5. The van der Waals surface area contributed by atoms with E-state index in [0.29, 0.717) is 12.8 Å². The van der Waals surface area contributed by atoms with Crippen LogP contribution in [0.15, 0.2) is 22.6 Å². The zero-order valence-corrected chi connectivity index (χ0v) is 12.5. The number of rotatable bonds is 1. The number of carbonyl (C=O) groups is 1. The smallest absolute Gasteiger partial charge is 0.362 e. The molecule has 3 rings (SSSR count). The van der Waals surface area contributed by atoms with Gasteiger partial charge in [-0.15, -0.1) is 11.3 Å². The Morgan fingerprint density at radius 3 is 2.82 bits per heavy atom. The first-order valence-corrected chi connectivity index (χ1v) is 7.98. The van der Waals surface area contributed by atoms with E-state index in [9.17, 15) is 23.1 Å². The highest BCUT2D eigenvalue weighted by molar-refractivity contribution is 7.12. The van der Waals surface area contributed by atoms with Crippen LogP contribution in [-0.2, 0) is 0 Å². The third kappa shape index (κ3) is 2.25. The number of carbonyl (C=O) groups excluding carboxylic acids is 1. The zero-order chi connectivity index (χ0) is 16.0. The lowest BCUT2D eigenvalue weighted by Crippen LogP contribution is -2.61. The van der Waals surface area contributed by atoms with Crippen LogP contribution < -0.4 is 0 Å². The van der Waals surface area contributed by atoms with E-state index in [0.717, 1.165) is 24.2 Å². The van der Waals surface area contributed by atoms with Crippen LogP contribution in [0.1, 0.15) is 41.8 Å². The molecule has 2 heterocycles. The quantitative estimate of drug-likeness (QED) is 0.857. The van der Waals surface area contributed by atoms with Crippen LogP contribution in [0.2, 0.25) is 0 Å². The molecule has 1 N–H and O–H groups in total. The number of halogens is 3. The molecule has 1 saturated carbocycles. The minimum atomic E-state index is -4.96. The molecule has 1 aromatic rings. The number of hydrogen-bond acceptors (Lipinski definition) is 4. The van der Waals surface area contributed by atoms with Crippen molar-refractivity contribution in [3.63, 3.8) is 0 Å². The van der Waals surface area contributed by atoms with Gasteiger partial charge in [-0.1, -0.05) is 18.9 Å². The highest BCUT2D eigenvalue weighted by atomic mass is 32.1. The maximum absolute atomic E-state index is 13.6. The summed E-state index contributed by atoms with van der Waals surface area (Å²) in [6, 6.07) is 3.00. The van der Waals surface area contributed by atoms with Gasteiger partial charge in [-0.05, 0) is 30.7 Å². The number of fused-ring (bicyclic) bond motifs is 1. The van der Waals surface area contributed by atoms with Crippen LogP contribution >= 0.6 is 11.3 Å². The van der Waals surface area contributed by atoms with Crippen molar-refractivity contribution >= 4 is 23.0 Å². The number of hydrazone groups is 1. The summed E-state index contributed by atoms with van der Waals surface area (Å²) in [6.45, 7) is 0. The van der Waals surface area contributed by atoms with Gasteiger partial charge in [0.15, 0.2) is 0 Å². The van der Waals surface area contributed by atoms with Crippen molar-refractivity contribution in [1.82, 2.24) is 5.01 Å². The van der Waals surface area contributed by atoms with E-state index in [2.05, 4.69) is 5.10 Å². The van der Waals surface area contributed by atoms with Gasteiger partial charge in [0.2, 0.25) is 0 Å². The summed E-state index contributed by atoms with van der Waals surface area (Å²) >= 11 is 1.03. The van der Waals surface area contributed by atoms with E-state index in [1.54, 1.807) is 11.4 Å². The van der Waals surface area contributed by atoms with Gasteiger partial charge in [0.25, 0.3) is 11.6 Å². The highest BCUT2D eigenvalue weighted by Crippen LogP contribution is 2.48. The molecular formula is C14H15F3N2O2S. The van der Waals surface area contributed by atoms with Crippen molar-refractivity contribution < 1.29 is 23.1 Å².